The number of ketones is 1. The summed E-state index contributed by atoms with van der Waals surface area (Å²) in [6, 6.07) is 0.519. The molecule has 0 aliphatic carbocycles. The first-order chi connectivity index (χ1) is 7.68. The maximum atomic E-state index is 12.0. The molecule has 0 N–H and O–H groups in total. The molecule has 3 unspecified atom stereocenters. The van der Waals surface area contributed by atoms with E-state index < -0.39 is 0 Å². The summed E-state index contributed by atoms with van der Waals surface area (Å²) in [5.74, 6) is 1.69. The molecule has 0 spiro atoms. The molecule has 2 aliphatic heterocycles. The largest absolute Gasteiger partial charge is 0.381 e. The van der Waals surface area contributed by atoms with E-state index >= 15 is 0 Å². The highest BCUT2D eigenvalue weighted by Gasteiger charge is 2.30. The molecule has 2 aliphatic rings. The van der Waals surface area contributed by atoms with Gasteiger partial charge in [-0.2, -0.15) is 11.8 Å². The summed E-state index contributed by atoms with van der Waals surface area (Å²) < 4.78 is 5.27. The molecule has 0 aromatic rings. The number of Topliss-reactive ketones (excluding diaryl/α,β-unsaturated/α-hetero) is 1. The number of carbonyl (C=O) groups is 1. The number of hydrogen-bond donors (Lipinski definition) is 0. The highest BCUT2D eigenvalue weighted by atomic mass is 32.2. The van der Waals surface area contributed by atoms with E-state index in [9.17, 15) is 4.79 Å². The number of ether oxygens (including phenoxy) is 1. The molecule has 0 amide bonds. The van der Waals surface area contributed by atoms with E-state index in [1.165, 1.54) is 0 Å². The minimum Gasteiger partial charge on any atom is -0.381 e. The van der Waals surface area contributed by atoms with Gasteiger partial charge in [0.15, 0.2) is 5.78 Å². The summed E-state index contributed by atoms with van der Waals surface area (Å²) in [6.45, 7) is 7.57. The van der Waals surface area contributed by atoms with Crippen molar-refractivity contribution in [3.63, 3.8) is 0 Å². The molecule has 2 fully saturated rings. The topological polar surface area (TPSA) is 29.5 Å². The maximum Gasteiger partial charge on any atom is 0.152 e. The van der Waals surface area contributed by atoms with Crippen molar-refractivity contribution in [2.75, 3.05) is 32.1 Å². The van der Waals surface area contributed by atoms with Crippen LogP contribution in [0.1, 0.15) is 20.3 Å². The number of hydrogen-bond acceptors (Lipinski definition) is 4. The summed E-state index contributed by atoms with van der Waals surface area (Å²) in [5, 5.41) is 0.640. The zero-order chi connectivity index (χ0) is 11.5. The number of thioether (sulfide) groups is 1. The fourth-order valence-corrected chi connectivity index (χ4v) is 3.50. The Morgan fingerprint density at radius 3 is 3.00 bits per heavy atom. The van der Waals surface area contributed by atoms with E-state index in [2.05, 4.69) is 18.7 Å². The Bertz CT molecular complexity index is 253. The SMILES string of the molecule is CC1SCCN(CC(=O)C2CCOC2)C1C. The van der Waals surface area contributed by atoms with Gasteiger partial charge in [-0.3, -0.25) is 9.69 Å². The molecular weight excluding hydrogens is 222 g/mol. The van der Waals surface area contributed by atoms with Crippen LogP contribution in [-0.4, -0.2) is 54.0 Å². The average Bonchev–Trinajstić information content (AvgIpc) is 2.78. The van der Waals surface area contributed by atoms with Crippen molar-refractivity contribution in [3.05, 3.63) is 0 Å². The predicted octanol–water partition coefficient (Wildman–Crippen LogP) is 1.42. The molecule has 3 atom stereocenters. The van der Waals surface area contributed by atoms with Crippen LogP contribution >= 0.6 is 11.8 Å². The summed E-state index contributed by atoms with van der Waals surface area (Å²) in [6.07, 6.45) is 0.922. The van der Waals surface area contributed by atoms with Gasteiger partial charge < -0.3 is 4.74 Å². The van der Waals surface area contributed by atoms with Crippen molar-refractivity contribution in [2.45, 2.75) is 31.6 Å². The summed E-state index contributed by atoms with van der Waals surface area (Å²) >= 11 is 2.01. The molecule has 3 nitrogen and oxygen atoms in total. The van der Waals surface area contributed by atoms with Crippen LogP contribution in [0.3, 0.4) is 0 Å². The molecule has 0 aromatic carbocycles. The lowest BCUT2D eigenvalue weighted by Gasteiger charge is -2.37. The van der Waals surface area contributed by atoms with Crippen molar-refractivity contribution in [1.29, 1.82) is 0 Å². The van der Waals surface area contributed by atoms with Gasteiger partial charge in [-0.05, 0) is 13.3 Å². The van der Waals surface area contributed by atoms with Gasteiger partial charge in [-0.25, -0.2) is 0 Å². The van der Waals surface area contributed by atoms with Gasteiger partial charge in [0.2, 0.25) is 0 Å². The fourth-order valence-electron chi connectivity index (χ4n) is 2.34. The molecule has 16 heavy (non-hydrogen) atoms. The molecule has 2 heterocycles. The second kappa shape index (κ2) is 5.52. The fraction of sp³-hybridized carbons (Fsp3) is 0.917. The standard InChI is InChI=1S/C12H21NO2S/c1-9-10(2)16-6-4-13(9)7-12(14)11-3-5-15-8-11/h9-11H,3-8H2,1-2H3. The Balaban J connectivity index is 1.85. The average molecular weight is 243 g/mol. The quantitative estimate of drug-likeness (QED) is 0.750. The van der Waals surface area contributed by atoms with E-state index in [1.54, 1.807) is 0 Å². The smallest absolute Gasteiger partial charge is 0.152 e. The Labute approximate surface area is 102 Å². The lowest BCUT2D eigenvalue weighted by atomic mass is 10.0. The van der Waals surface area contributed by atoms with Crippen LogP contribution in [-0.2, 0) is 9.53 Å². The minimum atomic E-state index is 0.164. The van der Waals surface area contributed by atoms with E-state index in [0.29, 0.717) is 30.2 Å². The van der Waals surface area contributed by atoms with Gasteiger partial charge >= 0.3 is 0 Å². The van der Waals surface area contributed by atoms with Gasteiger partial charge in [0.05, 0.1) is 13.2 Å². The van der Waals surface area contributed by atoms with Gasteiger partial charge in [-0.15, -0.1) is 0 Å². The minimum absolute atomic E-state index is 0.164. The van der Waals surface area contributed by atoms with Crippen LogP contribution in [0, 0.1) is 5.92 Å². The van der Waals surface area contributed by atoms with Gasteiger partial charge in [0.25, 0.3) is 0 Å². The van der Waals surface area contributed by atoms with E-state index in [4.69, 9.17) is 4.74 Å². The zero-order valence-corrected chi connectivity index (χ0v) is 11.0. The predicted molar refractivity (Wildman–Crippen MR) is 66.9 cm³/mol. The van der Waals surface area contributed by atoms with Gasteiger partial charge in [0.1, 0.15) is 0 Å². The number of nitrogens with zero attached hydrogens (tertiary/aromatic N) is 1. The Hall–Kier alpha value is -0.0600. The van der Waals surface area contributed by atoms with Crippen LogP contribution < -0.4 is 0 Å². The lowest BCUT2D eigenvalue weighted by molar-refractivity contribution is -0.124. The summed E-state index contributed by atoms with van der Waals surface area (Å²) in [7, 11) is 0. The molecule has 92 valence electrons. The number of rotatable bonds is 3. The van der Waals surface area contributed by atoms with Crippen LogP contribution in [0.15, 0.2) is 0 Å². The van der Waals surface area contributed by atoms with Crippen molar-refractivity contribution in [1.82, 2.24) is 4.90 Å². The second-order valence-corrected chi connectivity index (χ2v) is 6.30. The first-order valence-corrected chi connectivity index (χ1v) is 7.19. The molecule has 0 bridgehead atoms. The highest BCUT2D eigenvalue weighted by Crippen LogP contribution is 2.24. The van der Waals surface area contributed by atoms with Crippen molar-refractivity contribution in [2.24, 2.45) is 5.92 Å². The third-order valence-electron chi connectivity index (χ3n) is 3.76. The highest BCUT2D eigenvalue weighted by molar-refractivity contribution is 8.00. The van der Waals surface area contributed by atoms with Crippen LogP contribution in [0.5, 0.6) is 0 Å². The van der Waals surface area contributed by atoms with Crippen LogP contribution in [0.25, 0.3) is 0 Å². The summed E-state index contributed by atoms with van der Waals surface area (Å²) in [5.41, 5.74) is 0. The molecule has 4 heteroatoms. The summed E-state index contributed by atoms with van der Waals surface area (Å²) in [4.78, 5) is 14.4. The first kappa shape index (κ1) is 12.4. The van der Waals surface area contributed by atoms with Crippen molar-refractivity contribution >= 4 is 17.5 Å². The van der Waals surface area contributed by atoms with Crippen molar-refractivity contribution in [3.8, 4) is 0 Å². The third kappa shape index (κ3) is 2.79. The van der Waals surface area contributed by atoms with E-state index in [-0.39, 0.29) is 5.92 Å². The van der Waals surface area contributed by atoms with Gasteiger partial charge in [0, 0.05) is 36.1 Å². The van der Waals surface area contributed by atoms with Crippen molar-refractivity contribution < 1.29 is 9.53 Å². The number of carbonyl (C=O) groups excluding carboxylic acids is 1. The molecule has 2 saturated heterocycles. The monoisotopic (exact) mass is 243 g/mol. The molecule has 2 rings (SSSR count). The molecule has 0 aromatic heterocycles. The van der Waals surface area contributed by atoms with E-state index in [1.807, 2.05) is 11.8 Å². The maximum absolute atomic E-state index is 12.0. The second-order valence-electron chi connectivity index (χ2n) is 4.81. The van der Waals surface area contributed by atoms with Crippen LogP contribution in [0.4, 0.5) is 0 Å². The molecular formula is C12H21NO2S. The van der Waals surface area contributed by atoms with Gasteiger partial charge in [-0.1, -0.05) is 6.92 Å². The normalized spacial score (nSPS) is 36.5. The zero-order valence-electron chi connectivity index (χ0n) is 10.1. The molecule has 0 radical (unpaired) electrons. The van der Waals surface area contributed by atoms with Crippen LogP contribution in [0.2, 0.25) is 0 Å². The Morgan fingerprint density at radius 1 is 1.50 bits per heavy atom. The Kier molecular flexibility index (Phi) is 4.27. The molecule has 0 saturated carbocycles. The third-order valence-corrected chi connectivity index (χ3v) is 5.10. The first-order valence-electron chi connectivity index (χ1n) is 6.14. The van der Waals surface area contributed by atoms with E-state index in [0.717, 1.165) is 25.3 Å². The Morgan fingerprint density at radius 2 is 2.31 bits per heavy atom. The lowest BCUT2D eigenvalue weighted by Crippen LogP contribution is -2.47.